The van der Waals surface area contributed by atoms with E-state index < -0.39 is 0 Å². The van der Waals surface area contributed by atoms with Crippen molar-refractivity contribution in [2.45, 2.75) is 39.2 Å². The second-order valence-electron chi connectivity index (χ2n) is 4.03. The zero-order valence-corrected chi connectivity index (χ0v) is 10.2. The molecule has 5 heteroatoms. The van der Waals surface area contributed by atoms with Gasteiger partial charge in [0.1, 0.15) is 5.78 Å². The summed E-state index contributed by atoms with van der Waals surface area (Å²) in [5.74, 6) is 0.156. The van der Waals surface area contributed by atoms with Gasteiger partial charge in [0.2, 0.25) is 5.91 Å². The van der Waals surface area contributed by atoms with Crippen molar-refractivity contribution in [1.82, 2.24) is 15.1 Å². The summed E-state index contributed by atoms with van der Waals surface area (Å²) in [6.07, 6.45) is 6.05. The van der Waals surface area contributed by atoms with Crippen LogP contribution in [0, 0.1) is 0 Å². The van der Waals surface area contributed by atoms with Crippen LogP contribution in [0.25, 0.3) is 0 Å². The third-order valence-electron chi connectivity index (χ3n) is 2.38. The smallest absolute Gasteiger partial charge is 0.220 e. The molecule has 0 saturated carbocycles. The van der Waals surface area contributed by atoms with Gasteiger partial charge in [-0.3, -0.25) is 9.48 Å². The molecule has 1 N–H and O–H groups in total. The van der Waals surface area contributed by atoms with Gasteiger partial charge >= 0.3 is 0 Å². The number of ketones is 1. The summed E-state index contributed by atoms with van der Waals surface area (Å²) in [6.45, 7) is 3.00. The van der Waals surface area contributed by atoms with Crippen molar-refractivity contribution in [3.63, 3.8) is 0 Å². The zero-order chi connectivity index (χ0) is 12.5. The van der Waals surface area contributed by atoms with Gasteiger partial charge < -0.3 is 10.1 Å². The average molecular weight is 237 g/mol. The van der Waals surface area contributed by atoms with Crippen LogP contribution in [0.5, 0.6) is 0 Å². The van der Waals surface area contributed by atoms with Gasteiger partial charge in [-0.15, -0.1) is 0 Å². The third-order valence-corrected chi connectivity index (χ3v) is 2.38. The van der Waals surface area contributed by atoms with Gasteiger partial charge in [-0.1, -0.05) is 0 Å². The molecule has 0 aliphatic rings. The molecular formula is C12H19N3O2. The first kappa shape index (κ1) is 13.4. The Bertz CT molecular complexity index is 347. The van der Waals surface area contributed by atoms with Crippen molar-refractivity contribution in [2.75, 3.05) is 6.54 Å². The van der Waals surface area contributed by atoms with Gasteiger partial charge in [-0.25, -0.2) is 0 Å². The number of nitrogens with one attached hydrogen (secondary N) is 1. The van der Waals surface area contributed by atoms with Gasteiger partial charge in [0.05, 0.1) is 0 Å². The number of carbonyl (C=O) groups is 2. The van der Waals surface area contributed by atoms with Crippen LogP contribution in [0.3, 0.4) is 0 Å². The summed E-state index contributed by atoms with van der Waals surface area (Å²) in [5, 5.41) is 6.90. The summed E-state index contributed by atoms with van der Waals surface area (Å²) in [6, 6.07) is 1.88. The van der Waals surface area contributed by atoms with Crippen LogP contribution in [0.4, 0.5) is 0 Å². The molecule has 0 fully saturated rings. The Hall–Kier alpha value is -1.65. The van der Waals surface area contributed by atoms with Gasteiger partial charge in [0, 0.05) is 38.3 Å². The van der Waals surface area contributed by atoms with Crippen LogP contribution in [-0.4, -0.2) is 28.0 Å². The maximum atomic E-state index is 11.3. The molecule has 94 valence electrons. The summed E-state index contributed by atoms with van der Waals surface area (Å²) < 4.78 is 1.84. The van der Waals surface area contributed by atoms with Crippen molar-refractivity contribution in [3.8, 4) is 0 Å². The zero-order valence-electron chi connectivity index (χ0n) is 10.2. The van der Waals surface area contributed by atoms with Crippen molar-refractivity contribution < 1.29 is 9.59 Å². The first-order valence-electron chi connectivity index (χ1n) is 5.92. The minimum Gasteiger partial charge on any atom is -0.356 e. The van der Waals surface area contributed by atoms with Crippen LogP contribution in [-0.2, 0) is 16.1 Å². The fourth-order valence-electron chi connectivity index (χ4n) is 1.49. The molecule has 0 aliphatic heterocycles. The maximum absolute atomic E-state index is 11.3. The van der Waals surface area contributed by atoms with Crippen LogP contribution < -0.4 is 5.32 Å². The Labute approximate surface area is 101 Å². The number of aromatic nitrogens is 2. The quantitative estimate of drug-likeness (QED) is 0.690. The van der Waals surface area contributed by atoms with Crippen molar-refractivity contribution >= 4 is 11.7 Å². The highest BCUT2D eigenvalue weighted by Gasteiger charge is 2.01. The number of rotatable bonds is 8. The summed E-state index contributed by atoms with van der Waals surface area (Å²) in [7, 11) is 0. The van der Waals surface area contributed by atoms with E-state index >= 15 is 0 Å². The second kappa shape index (κ2) is 7.60. The highest BCUT2D eigenvalue weighted by atomic mass is 16.1. The van der Waals surface area contributed by atoms with E-state index in [9.17, 15) is 9.59 Å². The predicted molar refractivity (Wildman–Crippen MR) is 64.4 cm³/mol. The van der Waals surface area contributed by atoms with E-state index in [2.05, 4.69) is 10.4 Å². The van der Waals surface area contributed by atoms with Gasteiger partial charge in [-0.05, 0) is 25.8 Å². The van der Waals surface area contributed by atoms with Gasteiger partial charge in [0.25, 0.3) is 0 Å². The molecular weight excluding hydrogens is 218 g/mol. The summed E-state index contributed by atoms with van der Waals surface area (Å²) in [5.41, 5.74) is 0. The first-order valence-corrected chi connectivity index (χ1v) is 5.92. The third kappa shape index (κ3) is 6.50. The minimum atomic E-state index is 0.0201. The lowest BCUT2D eigenvalue weighted by atomic mass is 10.2. The highest BCUT2D eigenvalue weighted by Crippen LogP contribution is 1.96. The molecule has 0 atom stereocenters. The Kier molecular flexibility index (Phi) is 5.99. The topological polar surface area (TPSA) is 64.0 Å². The molecule has 0 radical (unpaired) electrons. The van der Waals surface area contributed by atoms with Crippen molar-refractivity contribution in [2.24, 2.45) is 0 Å². The number of amides is 1. The highest BCUT2D eigenvalue weighted by molar-refractivity contribution is 5.78. The largest absolute Gasteiger partial charge is 0.356 e. The fraction of sp³-hybridized carbons (Fsp3) is 0.583. The van der Waals surface area contributed by atoms with E-state index in [1.807, 2.05) is 16.9 Å². The molecule has 1 rings (SSSR count). The molecule has 0 aliphatic carbocycles. The molecule has 1 aromatic rings. The predicted octanol–water partition coefficient (Wildman–Crippen LogP) is 1.15. The molecule has 0 spiro atoms. The number of hydrogen-bond acceptors (Lipinski definition) is 3. The molecule has 0 unspecified atom stereocenters. The minimum absolute atomic E-state index is 0.0201. The Morgan fingerprint density at radius 1 is 1.29 bits per heavy atom. The molecule has 1 heterocycles. The van der Waals surface area contributed by atoms with E-state index in [1.165, 1.54) is 0 Å². The number of Topliss-reactive ketones (excluding diaryl/α,β-unsaturated/α-hetero) is 1. The Morgan fingerprint density at radius 2 is 2.12 bits per heavy atom. The summed E-state index contributed by atoms with van der Waals surface area (Å²) in [4.78, 5) is 22.0. The molecule has 0 aromatic carbocycles. The van der Waals surface area contributed by atoms with E-state index in [0.717, 1.165) is 13.0 Å². The number of carbonyl (C=O) groups excluding carboxylic acids is 2. The number of aryl methyl sites for hydroxylation is 1. The van der Waals surface area contributed by atoms with Crippen LogP contribution >= 0.6 is 0 Å². The lowest BCUT2D eigenvalue weighted by Crippen LogP contribution is -2.25. The molecule has 1 aromatic heterocycles. The van der Waals surface area contributed by atoms with E-state index in [4.69, 9.17) is 0 Å². The molecule has 5 nitrogen and oxygen atoms in total. The first-order chi connectivity index (χ1) is 8.18. The van der Waals surface area contributed by atoms with Crippen LogP contribution in [0.1, 0.15) is 32.6 Å². The van der Waals surface area contributed by atoms with E-state index in [0.29, 0.717) is 25.8 Å². The molecule has 0 bridgehead atoms. The van der Waals surface area contributed by atoms with Crippen molar-refractivity contribution in [1.29, 1.82) is 0 Å². The standard InChI is InChI=1S/C12H19N3O2/c1-11(16)5-2-6-12(17)13-7-3-9-15-10-4-8-14-15/h4,8,10H,2-3,5-7,9H2,1H3,(H,13,17). The normalized spacial score (nSPS) is 10.2. The summed E-state index contributed by atoms with van der Waals surface area (Å²) >= 11 is 0. The fourth-order valence-corrected chi connectivity index (χ4v) is 1.49. The Morgan fingerprint density at radius 3 is 2.76 bits per heavy atom. The van der Waals surface area contributed by atoms with E-state index in [1.54, 1.807) is 13.1 Å². The lowest BCUT2D eigenvalue weighted by Gasteiger charge is -2.04. The SMILES string of the molecule is CC(=O)CCCC(=O)NCCCn1cccn1. The monoisotopic (exact) mass is 237 g/mol. The second-order valence-corrected chi connectivity index (χ2v) is 4.03. The van der Waals surface area contributed by atoms with Gasteiger partial charge in [-0.2, -0.15) is 5.10 Å². The number of nitrogens with zero attached hydrogens (tertiary/aromatic N) is 2. The van der Waals surface area contributed by atoms with Crippen molar-refractivity contribution in [3.05, 3.63) is 18.5 Å². The maximum Gasteiger partial charge on any atom is 0.220 e. The average Bonchev–Trinajstić information content (AvgIpc) is 2.76. The Balaban J connectivity index is 1.98. The lowest BCUT2D eigenvalue weighted by molar-refractivity contribution is -0.121. The number of hydrogen-bond donors (Lipinski definition) is 1. The van der Waals surface area contributed by atoms with Crippen LogP contribution in [0.2, 0.25) is 0 Å². The van der Waals surface area contributed by atoms with E-state index in [-0.39, 0.29) is 11.7 Å². The van der Waals surface area contributed by atoms with Gasteiger partial charge in [0.15, 0.2) is 0 Å². The molecule has 17 heavy (non-hydrogen) atoms. The molecule has 1 amide bonds. The molecule has 0 saturated heterocycles. The van der Waals surface area contributed by atoms with Crippen LogP contribution in [0.15, 0.2) is 18.5 Å².